The highest BCUT2D eigenvalue weighted by Crippen LogP contribution is 2.29. The number of methoxy groups -OCH3 is 1. The average molecular weight is 426 g/mol. The number of likely N-dealkylation sites (N-methyl/N-ethyl adjacent to an activating group) is 1. The molecular weight excluding hydrogens is 402 g/mol. The standard InChI is InChI=1S/C18H23N3O5S2/c1-4-21(12-18(23)19-11-15-6-5-9-27-15)28(24,25)17-10-14(20-13(2)22)7-8-16(17)26-3/h5-10H,4,11-12H2,1-3H3,(H,19,23)(H,20,22). The first-order chi connectivity index (χ1) is 13.3. The summed E-state index contributed by atoms with van der Waals surface area (Å²) in [4.78, 5) is 24.4. The van der Waals surface area contributed by atoms with E-state index < -0.39 is 15.9 Å². The van der Waals surface area contributed by atoms with Gasteiger partial charge in [-0.3, -0.25) is 9.59 Å². The van der Waals surface area contributed by atoms with Crippen LogP contribution in [-0.4, -0.2) is 44.7 Å². The third-order valence-electron chi connectivity index (χ3n) is 3.81. The fourth-order valence-corrected chi connectivity index (χ4v) is 4.71. The Hall–Kier alpha value is -2.43. The predicted octanol–water partition coefficient (Wildman–Crippen LogP) is 2.04. The first-order valence-electron chi connectivity index (χ1n) is 8.52. The van der Waals surface area contributed by atoms with E-state index in [1.54, 1.807) is 13.0 Å². The molecule has 8 nitrogen and oxygen atoms in total. The number of benzene rings is 1. The van der Waals surface area contributed by atoms with E-state index in [4.69, 9.17) is 4.74 Å². The zero-order valence-corrected chi connectivity index (χ0v) is 17.5. The van der Waals surface area contributed by atoms with Gasteiger partial charge in [0.15, 0.2) is 0 Å². The van der Waals surface area contributed by atoms with E-state index in [0.717, 1.165) is 9.18 Å². The molecule has 2 N–H and O–H groups in total. The first-order valence-corrected chi connectivity index (χ1v) is 10.8. The Morgan fingerprint density at radius 1 is 1.25 bits per heavy atom. The van der Waals surface area contributed by atoms with E-state index in [-0.39, 0.29) is 29.6 Å². The number of nitrogens with one attached hydrogen (secondary N) is 2. The number of anilines is 1. The summed E-state index contributed by atoms with van der Waals surface area (Å²) in [6.45, 7) is 3.10. The summed E-state index contributed by atoms with van der Waals surface area (Å²) < 4.78 is 32.4. The largest absolute Gasteiger partial charge is 0.495 e. The molecule has 0 spiro atoms. The van der Waals surface area contributed by atoms with Gasteiger partial charge in [0.1, 0.15) is 10.6 Å². The normalized spacial score (nSPS) is 11.3. The van der Waals surface area contributed by atoms with Crippen LogP contribution >= 0.6 is 11.3 Å². The highest BCUT2D eigenvalue weighted by Gasteiger charge is 2.29. The summed E-state index contributed by atoms with van der Waals surface area (Å²) in [6, 6.07) is 8.09. The molecule has 2 rings (SSSR count). The van der Waals surface area contributed by atoms with Gasteiger partial charge in [-0.05, 0) is 29.6 Å². The molecule has 10 heteroatoms. The highest BCUT2D eigenvalue weighted by molar-refractivity contribution is 7.89. The van der Waals surface area contributed by atoms with Crippen molar-refractivity contribution in [1.82, 2.24) is 9.62 Å². The van der Waals surface area contributed by atoms with Gasteiger partial charge in [-0.25, -0.2) is 8.42 Å². The van der Waals surface area contributed by atoms with E-state index in [0.29, 0.717) is 12.2 Å². The quantitative estimate of drug-likeness (QED) is 0.640. The topological polar surface area (TPSA) is 105 Å². The zero-order valence-electron chi connectivity index (χ0n) is 15.9. The molecule has 0 fully saturated rings. The van der Waals surface area contributed by atoms with Gasteiger partial charge < -0.3 is 15.4 Å². The number of rotatable bonds is 9. The average Bonchev–Trinajstić information content (AvgIpc) is 3.17. The molecule has 0 saturated heterocycles. The van der Waals surface area contributed by atoms with E-state index >= 15 is 0 Å². The third-order valence-corrected chi connectivity index (χ3v) is 6.63. The van der Waals surface area contributed by atoms with E-state index in [2.05, 4.69) is 10.6 Å². The lowest BCUT2D eigenvalue weighted by atomic mass is 10.3. The number of thiophene rings is 1. The molecule has 1 aromatic heterocycles. The second-order valence-corrected chi connectivity index (χ2v) is 8.77. The maximum Gasteiger partial charge on any atom is 0.247 e. The molecule has 0 unspecified atom stereocenters. The predicted molar refractivity (Wildman–Crippen MR) is 108 cm³/mol. The lowest BCUT2D eigenvalue weighted by molar-refractivity contribution is -0.121. The van der Waals surface area contributed by atoms with Gasteiger partial charge in [0.05, 0.1) is 20.2 Å². The molecule has 0 bridgehead atoms. The zero-order chi connectivity index (χ0) is 20.7. The Morgan fingerprint density at radius 2 is 2.00 bits per heavy atom. The molecule has 1 heterocycles. The van der Waals surface area contributed by atoms with Gasteiger partial charge in [0.2, 0.25) is 21.8 Å². The summed E-state index contributed by atoms with van der Waals surface area (Å²) in [5, 5.41) is 7.16. The van der Waals surface area contributed by atoms with Crippen LogP contribution in [0.1, 0.15) is 18.7 Å². The van der Waals surface area contributed by atoms with Crippen molar-refractivity contribution >= 4 is 38.9 Å². The molecular formula is C18H23N3O5S2. The Kier molecular flexibility index (Phi) is 7.55. The molecule has 0 atom stereocenters. The number of nitrogens with zero attached hydrogens (tertiary/aromatic N) is 1. The van der Waals surface area contributed by atoms with Gasteiger partial charge in [-0.1, -0.05) is 13.0 Å². The summed E-state index contributed by atoms with van der Waals surface area (Å²) in [7, 11) is -2.66. The van der Waals surface area contributed by atoms with Crippen molar-refractivity contribution in [3.63, 3.8) is 0 Å². The molecule has 0 radical (unpaired) electrons. The number of carbonyl (C=O) groups is 2. The van der Waals surface area contributed by atoms with Crippen molar-refractivity contribution < 1.29 is 22.7 Å². The van der Waals surface area contributed by atoms with E-state index in [1.165, 1.54) is 37.5 Å². The number of ether oxygens (including phenoxy) is 1. The van der Waals surface area contributed by atoms with Crippen LogP contribution in [0.15, 0.2) is 40.6 Å². The van der Waals surface area contributed by atoms with Gasteiger partial charge in [0.25, 0.3) is 0 Å². The second kappa shape index (κ2) is 9.67. The number of carbonyl (C=O) groups excluding carboxylic acids is 2. The summed E-state index contributed by atoms with van der Waals surface area (Å²) in [5.74, 6) is -0.601. The minimum Gasteiger partial charge on any atom is -0.495 e. The van der Waals surface area contributed by atoms with Gasteiger partial charge >= 0.3 is 0 Å². The monoisotopic (exact) mass is 425 g/mol. The minimum atomic E-state index is -4.02. The van der Waals surface area contributed by atoms with Gasteiger partial charge in [-0.2, -0.15) is 4.31 Å². The number of amides is 2. The van der Waals surface area contributed by atoms with Crippen LogP contribution in [0.25, 0.3) is 0 Å². The van der Waals surface area contributed by atoms with Crippen LogP contribution in [0, 0.1) is 0 Å². The smallest absolute Gasteiger partial charge is 0.247 e. The van der Waals surface area contributed by atoms with Crippen LogP contribution in [0.4, 0.5) is 5.69 Å². The Morgan fingerprint density at radius 3 is 2.57 bits per heavy atom. The van der Waals surface area contributed by atoms with Crippen molar-refractivity contribution in [3.05, 3.63) is 40.6 Å². The van der Waals surface area contributed by atoms with Crippen molar-refractivity contribution in [2.45, 2.75) is 25.3 Å². The summed E-state index contributed by atoms with van der Waals surface area (Å²) in [5.41, 5.74) is 0.324. The molecule has 2 aromatic rings. The van der Waals surface area contributed by atoms with Crippen molar-refractivity contribution in [2.75, 3.05) is 25.5 Å². The molecule has 1 aromatic carbocycles. The maximum absolute atomic E-state index is 13.1. The van der Waals surface area contributed by atoms with E-state index in [1.807, 2.05) is 17.5 Å². The van der Waals surface area contributed by atoms with Crippen molar-refractivity contribution in [2.24, 2.45) is 0 Å². The fraction of sp³-hybridized carbons (Fsp3) is 0.333. The maximum atomic E-state index is 13.1. The molecule has 2 amide bonds. The van der Waals surface area contributed by atoms with Gasteiger partial charge in [0, 0.05) is 24.0 Å². The number of hydrogen-bond donors (Lipinski definition) is 2. The Bertz CT molecular complexity index is 927. The van der Waals surface area contributed by atoms with Crippen LogP contribution in [0.5, 0.6) is 5.75 Å². The lowest BCUT2D eigenvalue weighted by Crippen LogP contribution is -2.40. The van der Waals surface area contributed by atoms with Crippen molar-refractivity contribution in [1.29, 1.82) is 0 Å². The SMILES string of the molecule is CCN(CC(=O)NCc1cccs1)S(=O)(=O)c1cc(NC(C)=O)ccc1OC. The van der Waals surface area contributed by atoms with Crippen molar-refractivity contribution in [3.8, 4) is 5.75 Å². The van der Waals surface area contributed by atoms with Crippen LogP contribution < -0.4 is 15.4 Å². The minimum absolute atomic E-state index is 0.0995. The second-order valence-electron chi connectivity index (χ2n) is 5.83. The first kappa shape index (κ1) is 21.9. The van der Waals surface area contributed by atoms with Gasteiger partial charge in [-0.15, -0.1) is 11.3 Å². The Labute approximate surface area is 168 Å². The van der Waals surface area contributed by atoms with Crippen LogP contribution in [0.3, 0.4) is 0 Å². The van der Waals surface area contributed by atoms with Crippen LogP contribution in [0.2, 0.25) is 0 Å². The molecule has 0 aliphatic carbocycles. The molecule has 0 aliphatic rings. The van der Waals surface area contributed by atoms with E-state index in [9.17, 15) is 18.0 Å². The summed E-state index contributed by atoms with van der Waals surface area (Å²) in [6.07, 6.45) is 0. The molecule has 28 heavy (non-hydrogen) atoms. The Balaban J connectivity index is 2.21. The molecule has 152 valence electrons. The number of hydrogen-bond acceptors (Lipinski definition) is 6. The lowest BCUT2D eigenvalue weighted by Gasteiger charge is -2.21. The molecule has 0 saturated carbocycles. The molecule has 0 aliphatic heterocycles. The number of sulfonamides is 1. The highest BCUT2D eigenvalue weighted by atomic mass is 32.2. The third kappa shape index (κ3) is 5.54. The summed E-state index contributed by atoms with van der Waals surface area (Å²) >= 11 is 1.51. The van der Waals surface area contributed by atoms with Crippen LogP contribution in [-0.2, 0) is 26.2 Å². The fourth-order valence-electron chi connectivity index (χ4n) is 2.48.